The van der Waals surface area contributed by atoms with Crippen LogP contribution in [-0.2, 0) is 7.05 Å². The number of hydrogen-bond acceptors (Lipinski definition) is 2. The van der Waals surface area contributed by atoms with Gasteiger partial charge in [-0.05, 0) is 24.7 Å². The van der Waals surface area contributed by atoms with Crippen LogP contribution in [0.4, 0.5) is 0 Å². The molecule has 1 aromatic heterocycles. The highest BCUT2D eigenvalue weighted by Crippen LogP contribution is 2.47. The van der Waals surface area contributed by atoms with Crippen LogP contribution in [0.15, 0.2) is 6.20 Å². The second-order valence-corrected chi connectivity index (χ2v) is 6.47. The van der Waals surface area contributed by atoms with Gasteiger partial charge in [0.1, 0.15) is 0 Å². The number of alkyl halides is 1. The number of rotatable bonds is 1. The molecule has 15 heavy (non-hydrogen) atoms. The van der Waals surface area contributed by atoms with Crippen molar-refractivity contribution >= 4 is 15.9 Å². The van der Waals surface area contributed by atoms with Gasteiger partial charge in [-0.1, -0.05) is 29.8 Å². The van der Waals surface area contributed by atoms with Gasteiger partial charge < -0.3 is 0 Å². The topological polar surface area (TPSA) is 30.7 Å². The van der Waals surface area contributed by atoms with E-state index in [0.29, 0.717) is 16.2 Å². The largest absolute Gasteiger partial charge is 0.188 e. The molecule has 1 aliphatic carbocycles. The fourth-order valence-corrected chi connectivity index (χ4v) is 3.04. The average Bonchev–Trinajstić information content (AvgIpc) is 2.56. The van der Waals surface area contributed by atoms with Gasteiger partial charge in [0.2, 0.25) is 0 Å². The smallest absolute Gasteiger partial charge is 0.0863 e. The Bertz CT molecular complexity index is 345. The molecule has 0 radical (unpaired) electrons. The van der Waals surface area contributed by atoms with Crippen molar-refractivity contribution in [3.05, 3.63) is 11.9 Å². The highest BCUT2D eigenvalue weighted by atomic mass is 79.9. The molecule has 0 amide bonds. The van der Waals surface area contributed by atoms with Crippen LogP contribution in [0.1, 0.15) is 44.7 Å². The van der Waals surface area contributed by atoms with Gasteiger partial charge in [-0.25, -0.2) is 0 Å². The van der Waals surface area contributed by atoms with Crippen LogP contribution in [0.2, 0.25) is 0 Å². The van der Waals surface area contributed by atoms with Crippen LogP contribution in [0.3, 0.4) is 0 Å². The predicted octanol–water partition coefficient (Wildman–Crippen LogP) is 2.87. The summed E-state index contributed by atoms with van der Waals surface area (Å²) >= 11 is 3.73. The van der Waals surface area contributed by atoms with Crippen molar-refractivity contribution < 1.29 is 0 Å². The summed E-state index contributed by atoms with van der Waals surface area (Å²) in [6.45, 7) is 4.68. The molecule has 0 aromatic carbocycles. The van der Waals surface area contributed by atoms with E-state index in [4.69, 9.17) is 0 Å². The lowest BCUT2D eigenvalue weighted by molar-refractivity contribution is 0.201. The van der Waals surface area contributed by atoms with E-state index in [-0.39, 0.29) is 0 Å². The van der Waals surface area contributed by atoms with Crippen LogP contribution in [0.25, 0.3) is 0 Å². The molecule has 3 nitrogen and oxygen atoms in total. The van der Waals surface area contributed by atoms with E-state index in [1.54, 1.807) is 4.80 Å². The maximum atomic E-state index is 4.45. The van der Waals surface area contributed by atoms with Crippen molar-refractivity contribution in [3.63, 3.8) is 0 Å². The van der Waals surface area contributed by atoms with E-state index in [9.17, 15) is 0 Å². The summed E-state index contributed by atoms with van der Waals surface area (Å²) in [6, 6.07) is 0. The summed E-state index contributed by atoms with van der Waals surface area (Å²) in [7, 11) is 1.88. The van der Waals surface area contributed by atoms with E-state index in [1.165, 1.54) is 19.3 Å². The summed E-state index contributed by atoms with van der Waals surface area (Å²) in [5.74, 6) is 0.532. The zero-order valence-electron chi connectivity index (χ0n) is 9.57. The van der Waals surface area contributed by atoms with Crippen LogP contribution >= 0.6 is 15.9 Å². The first-order chi connectivity index (χ1) is 6.99. The van der Waals surface area contributed by atoms with Gasteiger partial charge in [0.15, 0.2) is 0 Å². The third-order valence-corrected chi connectivity index (χ3v) is 4.34. The lowest BCUT2D eigenvalue weighted by atomic mass is 9.68. The monoisotopic (exact) mass is 271 g/mol. The molecule has 0 aliphatic heterocycles. The van der Waals surface area contributed by atoms with Crippen molar-refractivity contribution in [3.8, 4) is 0 Å². The molecule has 4 heteroatoms. The van der Waals surface area contributed by atoms with E-state index < -0.39 is 0 Å². The van der Waals surface area contributed by atoms with Crippen molar-refractivity contribution in [2.75, 3.05) is 0 Å². The minimum absolute atomic E-state index is 0.348. The summed E-state index contributed by atoms with van der Waals surface area (Å²) in [4.78, 5) is 2.29. The molecule has 84 valence electrons. The Hall–Kier alpha value is -0.380. The second-order valence-electron chi connectivity index (χ2n) is 5.17. The minimum Gasteiger partial charge on any atom is -0.188 e. The van der Waals surface area contributed by atoms with E-state index in [0.717, 1.165) is 5.69 Å². The quantitative estimate of drug-likeness (QED) is 0.736. The standard InChI is InChI=1S/C11H18BrN3/c1-11(2)5-4-8(12)6-9(11)10-7-13-15(3)14-10/h7-9H,4-6H2,1-3H3. The number of halogens is 1. The van der Waals surface area contributed by atoms with Crippen molar-refractivity contribution in [1.29, 1.82) is 0 Å². The lowest BCUT2D eigenvalue weighted by Gasteiger charge is -2.39. The Labute approximate surface area is 99.4 Å². The lowest BCUT2D eigenvalue weighted by Crippen LogP contribution is -2.30. The van der Waals surface area contributed by atoms with E-state index in [1.807, 2.05) is 13.2 Å². The summed E-state index contributed by atoms with van der Waals surface area (Å²) in [5, 5.41) is 8.62. The summed E-state index contributed by atoms with van der Waals surface area (Å²) < 4.78 is 0. The number of aromatic nitrogens is 3. The third-order valence-electron chi connectivity index (χ3n) is 3.51. The summed E-state index contributed by atoms with van der Waals surface area (Å²) in [6.07, 6.45) is 5.61. The van der Waals surface area contributed by atoms with Gasteiger partial charge in [0.05, 0.1) is 11.9 Å². The molecule has 0 N–H and O–H groups in total. The van der Waals surface area contributed by atoms with Gasteiger partial charge in [-0.2, -0.15) is 15.0 Å². The summed E-state index contributed by atoms with van der Waals surface area (Å²) in [5.41, 5.74) is 1.49. The second kappa shape index (κ2) is 3.89. The maximum absolute atomic E-state index is 4.45. The third kappa shape index (κ3) is 2.25. The highest BCUT2D eigenvalue weighted by Gasteiger charge is 2.37. The molecule has 0 saturated heterocycles. The SMILES string of the molecule is Cn1ncc(C2CC(Br)CCC2(C)C)n1. The van der Waals surface area contributed by atoms with Gasteiger partial charge in [0.25, 0.3) is 0 Å². The molecule has 1 saturated carbocycles. The van der Waals surface area contributed by atoms with Crippen LogP contribution in [0, 0.1) is 5.41 Å². The molecule has 1 aliphatic rings. The fraction of sp³-hybridized carbons (Fsp3) is 0.818. The van der Waals surface area contributed by atoms with Gasteiger partial charge in [-0.15, -0.1) is 0 Å². The minimum atomic E-state index is 0.348. The van der Waals surface area contributed by atoms with Gasteiger partial charge >= 0.3 is 0 Å². The Morgan fingerprint density at radius 3 is 2.87 bits per heavy atom. The van der Waals surface area contributed by atoms with Crippen molar-refractivity contribution in [2.45, 2.75) is 43.9 Å². The van der Waals surface area contributed by atoms with Crippen molar-refractivity contribution in [2.24, 2.45) is 12.5 Å². The fourth-order valence-electron chi connectivity index (χ4n) is 2.44. The first-order valence-corrected chi connectivity index (χ1v) is 6.41. The Balaban J connectivity index is 2.25. The zero-order valence-corrected chi connectivity index (χ0v) is 11.2. The molecular weight excluding hydrogens is 254 g/mol. The molecule has 2 rings (SSSR count). The molecular formula is C11H18BrN3. The Morgan fingerprint density at radius 2 is 2.27 bits per heavy atom. The predicted molar refractivity (Wildman–Crippen MR) is 64.1 cm³/mol. The van der Waals surface area contributed by atoms with Crippen molar-refractivity contribution in [1.82, 2.24) is 15.0 Å². The number of aryl methyl sites for hydroxylation is 1. The molecule has 1 heterocycles. The zero-order chi connectivity index (χ0) is 11.1. The van der Waals surface area contributed by atoms with E-state index >= 15 is 0 Å². The molecule has 1 aromatic rings. The number of hydrogen-bond donors (Lipinski definition) is 0. The molecule has 2 atom stereocenters. The first kappa shape index (κ1) is 11.1. The Kier molecular flexibility index (Phi) is 2.88. The number of nitrogens with zero attached hydrogens (tertiary/aromatic N) is 3. The van der Waals surface area contributed by atoms with E-state index in [2.05, 4.69) is 40.0 Å². The molecule has 0 spiro atoms. The molecule has 2 unspecified atom stereocenters. The molecule has 1 fully saturated rings. The van der Waals surface area contributed by atoms with Gasteiger partial charge in [0, 0.05) is 17.8 Å². The Morgan fingerprint density at radius 1 is 1.53 bits per heavy atom. The highest BCUT2D eigenvalue weighted by molar-refractivity contribution is 9.09. The maximum Gasteiger partial charge on any atom is 0.0863 e. The molecule has 0 bridgehead atoms. The van der Waals surface area contributed by atoms with Crippen LogP contribution in [-0.4, -0.2) is 19.8 Å². The normalized spacial score (nSPS) is 30.4. The van der Waals surface area contributed by atoms with Crippen LogP contribution in [0.5, 0.6) is 0 Å². The van der Waals surface area contributed by atoms with Crippen LogP contribution < -0.4 is 0 Å². The first-order valence-electron chi connectivity index (χ1n) is 5.49. The van der Waals surface area contributed by atoms with Gasteiger partial charge in [-0.3, -0.25) is 0 Å². The average molecular weight is 272 g/mol.